The summed E-state index contributed by atoms with van der Waals surface area (Å²) in [5, 5.41) is 7.91. The van der Waals surface area contributed by atoms with Crippen LogP contribution >= 0.6 is 12.2 Å². The SMILES string of the molecule is CCOc1ccc(NC(=S)NN=C2CCCC2)cc1. The molecular formula is C14H19N3OS. The van der Waals surface area contributed by atoms with Crippen LogP contribution in [0.1, 0.15) is 32.6 Å². The lowest BCUT2D eigenvalue weighted by Crippen LogP contribution is -2.24. The monoisotopic (exact) mass is 277 g/mol. The minimum absolute atomic E-state index is 0.517. The zero-order chi connectivity index (χ0) is 13.5. The molecule has 5 heteroatoms. The van der Waals surface area contributed by atoms with E-state index in [0.29, 0.717) is 11.7 Å². The Hall–Kier alpha value is -1.62. The van der Waals surface area contributed by atoms with E-state index < -0.39 is 0 Å². The van der Waals surface area contributed by atoms with Crippen molar-refractivity contribution in [3.63, 3.8) is 0 Å². The van der Waals surface area contributed by atoms with Crippen molar-refractivity contribution in [2.75, 3.05) is 11.9 Å². The third-order valence-corrected chi connectivity index (χ3v) is 3.11. The van der Waals surface area contributed by atoms with Crippen molar-refractivity contribution in [1.29, 1.82) is 0 Å². The largest absolute Gasteiger partial charge is 0.494 e. The van der Waals surface area contributed by atoms with Crippen molar-refractivity contribution < 1.29 is 4.74 Å². The van der Waals surface area contributed by atoms with E-state index >= 15 is 0 Å². The third kappa shape index (κ3) is 4.52. The van der Waals surface area contributed by atoms with Crippen LogP contribution in [0.5, 0.6) is 5.75 Å². The molecule has 0 radical (unpaired) electrons. The first-order chi connectivity index (χ1) is 9.28. The Morgan fingerprint density at radius 1 is 1.26 bits per heavy atom. The van der Waals surface area contributed by atoms with Gasteiger partial charge >= 0.3 is 0 Å². The molecule has 2 rings (SSSR count). The lowest BCUT2D eigenvalue weighted by atomic mass is 10.3. The van der Waals surface area contributed by atoms with E-state index in [1.807, 2.05) is 31.2 Å². The van der Waals surface area contributed by atoms with Crippen LogP contribution in [0.3, 0.4) is 0 Å². The number of thiocarbonyl (C=S) groups is 1. The van der Waals surface area contributed by atoms with Gasteiger partial charge in [0.2, 0.25) is 0 Å². The van der Waals surface area contributed by atoms with Gasteiger partial charge < -0.3 is 10.1 Å². The van der Waals surface area contributed by atoms with E-state index in [9.17, 15) is 0 Å². The van der Waals surface area contributed by atoms with E-state index in [4.69, 9.17) is 17.0 Å². The minimum atomic E-state index is 0.517. The molecule has 1 aliphatic rings. The van der Waals surface area contributed by atoms with Crippen molar-refractivity contribution in [3.8, 4) is 5.75 Å². The van der Waals surface area contributed by atoms with E-state index in [-0.39, 0.29) is 0 Å². The normalized spacial score (nSPS) is 14.1. The molecule has 0 aliphatic heterocycles. The first kappa shape index (κ1) is 13.8. The summed E-state index contributed by atoms with van der Waals surface area (Å²) in [5.74, 6) is 0.859. The summed E-state index contributed by atoms with van der Waals surface area (Å²) >= 11 is 5.19. The second-order valence-electron chi connectivity index (χ2n) is 4.41. The molecule has 0 aromatic heterocycles. The van der Waals surface area contributed by atoms with Gasteiger partial charge in [-0.1, -0.05) is 0 Å². The molecule has 19 heavy (non-hydrogen) atoms. The summed E-state index contributed by atoms with van der Waals surface area (Å²) in [5.41, 5.74) is 5.02. The standard InChI is InChI=1S/C14H19N3OS/c1-2-18-13-9-7-11(8-10-13)15-14(19)17-16-12-5-3-4-6-12/h7-10H,2-6H2,1H3,(H2,15,17,19). The van der Waals surface area contributed by atoms with Gasteiger partial charge in [0.25, 0.3) is 0 Å². The lowest BCUT2D eigenvalue weighted by molar-refractivity contribution is 0.340. The van der Waals surface area contributed by atoms with Gasteiger partial charge in [0.1, 0.15) is 5.75 Å². The molecule has 102 valence electrons. The van der Waals surface area contributed by atoms with Crippen molar-refractivity contribution in [1.82, 2.24) is 5.43 Å². The van der Waals surface area contributed by atoms with Gasteiger partial charge in [-0.2, -0.15) is 5.10 Å². The van der Waals surface area contributed by atoms with E-state index in [2.05, 4.69) is 15.8 Å². The number of nitrogens with zero attached hydrogens (tertiary/aromatic N) is 1. The van der Waals surface area contributed by atoms with E-state index in [1.165, 1.54) is 18.6 Å². The van der Waals surface area contributed by atoms with Crippen LogP contribution in [0.25, 0.3) is 0 Å². The number of benzene rings is 1. The summed E-state index contributed by atoms with van der Waals surface area (Å²) in [7, 11) is 0. The number of hydrazone groups is 1. The zero-order valence-corrected chi connectivity index (χ0v) is 11.9. The maximum Gasteiger partial charge on any atom is 0.191 e. The summed E-state index contributed by atoms with van der Waals surface area (Å²) in [6, 6.07) is 7.69. The Morgan fingerprint density at radius 2 is 1.95 bits per heavy atom. The molecule has 1 saturated carbocycles. The number of anilines is 1. The van der Waals surface area contributed by atoms with Crippen LogP contribution in [0.15, 0.2) is 29.4 Å². The highest BCUT2D eigenvalue weighted by Gasteiger charge is 2.07. The smallest absolute Gasteiger partial charge is 0.191 e. The van der Waals surface area contributed by atoms with Crippen LogP contribution in [0, 0.1) is 0 Å². The van der Waals surface area contributed by atoms with Gasteiger partial charge in [-0.3, -0.25) is 5.43 Å². The Labute approximate surface area is 119 Å². The molecule has 0 heterocycles. The van der Waals surface area contributed by atoms with Crippen LogP contribution < -0.4 is 15.5 Å². The maximum atomic E-state index is 5.38. The molecule has 4 nitrogen and oxygen atoms in total. The molecule has 1 aromatic carbocycles. The second-order valence-corrected chi connectivity index (χ2v) is 4.82. The number of ether oxygens (including phenoxy) is 1. The Balaban J connectivity index is 1.82. The average Bonchev–Trinajstić information content (AvgIpc) is 2.92. The number of nitrogens with one attached hydrogen (secondary N) is 2. The molecule has 0 unspecified atom stereocenters. The van der Waals surface area contributed by atoms with Gasteiger partial charge in [0, 0.05) is 11.4 Å². The second kappa shape index (κ2) is 7.09. The van der Waals surface area contributed by atoms with Crippen LogP contribution in [0.4, 0.5) is 5.69 Å². The zero-order valence-electron chi connectivity index (χ0n) is 11.1. The first-order valence-corrected chi connectivity index (χ1v) is 7.04. The Bertz CT molecular complexity index is 448. The van der Waals surface area contributed by atoms with Gasteiger partial charge in [-0.25, -0.2) is 0 Å². The average molecular weight is 277 g/mol. The molecular weight excluding hydrogens is 258 g/mol. The van der Waals surface area contributed by atoms with Crippen molar-refractivity contribution in [3.05, 3.63) is 24.3 Å². The highest BCUT2D eigenvalue weighted by molar-refractivity contribution is 7.80. The fourth-order valence-electron chi connectivity index (χ4n) is 1.98. The first-order valence-electron chi connectivity index (χ1n) is 6.63. The molecule has 0 atom stereocenters. The van der Waals surface area contributed by atoms with Crippen LogP contribution in [-0.2, 0) is 0 Å². The fraction of sp³-hybridized carbons (Fsp3) is 0.429. The predicted molar refractivity (Wildman–Crippen MR) is 82.9 cm³/mol. The summed E-state index contributed by atoms with van der Waals surface area (Å²) < 4.78 is 5.38. The summed E-state index contributed by atoms with van der Waals surface area (Å²) in [4.78, 5) is 0. The quantitative estimate of drug-likeness (QED) is 0.655. The molecule has 0 amide bonds. The molecule has 1 aliphatic carbocycles. The Kier molecular flexibility index (Phi) is 5.15. The van der Waals surface area contributed by atoms with Gasteiger partial charge in [-0.15, -0.1) is 0 Å². The van der Waals surface area contributed by atoms with Gasteiger partial charge in [0.15, 0.2) is 5.11 Å². The van der Waals surface area contributed by atoms with Gasteiger partial charge in [0.05, 0.1) is 6.61 Å². The Morgan fingerprint density at radius 3 is 2.58 bits per heavy atom. The number of rotatable bonds is 4. The molecule has 1 fully saturated rings. The summed E-state index contributed by atoms with van der Waals surface area (Å²) in [6.45, 7) is 2.64. The molecule has 0 spiro atoms. The number of hydrogen-bond acceptors (Lipinski definition) is 3. The molecule has 1 aromatic rings. The highest BCUT2D eigenvalue weighted by atomic mass is 32.1. The van der Waals surface area contributed by atoms with Crippen molar-refractivity contribution in [2.24, 2.45) is 5.10 Å². The van der Waals surface area contributed by atoms with Gasteiger partial charge in [-0.05, 0) is 69.1 Å². The van der Waals surface area contributed by atoms with Crippen molar-refractivity contribution >= 4 is 28.7 Å². The predicted octanol–water partition coefficient (Wildman–Crippen LogP) is 3.30. The highest BCUT2D eigenvalue weighted by Crippen LogP contribution is 2.16. The fourth-order valence-corrected chi connectivity index (χ4v) is 2.15. The minimum Gasteiger partial charge on any atom is -0.494 e. The topological polar surface area (TPSA) is 45.6 Å². The molecule has 0 saturated heterocycles. The summed E-state index contributed by atoms with van der Waals surface area (Å²) in [6.07, 6.45) is 4.64. The van der Waals surface area contributed by atoms with Crippen LogP contribution in [-0.4, -0.2) is 17.4 Å². The maximum absolute atomic E-state index is 5.38. The lowest BCUT2D eigenvalue weighted by Gasteiger charge is -2.08. The van der Waals surface area contributed by atoms with E-state index in [1.54, 1.807) is 0 Å². The van der Waals surface area contributed by atoms with Crippen LogP contribution in [0.2, 0.25) is 0 Å². The number of hydrogen-bond donors (Lipinski definition) is 2. The third-order valence-electron chi connectivity index (χ3n) is 2.92. The molecule has 2 N–H and O–H groups in total. The van der Waals surface area contributed by atoms with E-state index in [0.717, 1.165) is 24.3 Å². The molecule has 0 bridgehead atoms. The van der Waals surface area contributed by atoms with Crippen molar-refractivity contribution in [2.45, 2.75) is 32.6 Å².